The van der Waals surface area contributed by atoms with Gasteiger partial charge in [-0.3, -0.25) is 0 Å². The molecule has 0 atom stereocenters. The normalized spacial score (nSPS) is 10.4. The molecule has 0 spiro atoms. The summed E-state index contributed by atoms with van der Waals surface area (Å²) in [6.07, 6.45) is 2.09. The van der Waals surface area contributed by atoms with E-state index in [0.717, 1.165) is 44.0 Å². The summed E-state index contributed by atoms with van der Waals surface area (Å²) in [6.45, 7) is 3.04. The SMILES string of the molecule is CNCCCNCCc1cc(OC)ccc1OC. The zero-order chi connectivity index (χ0) is 13.2. The first kappa shape index (κ1) is 14.8. The fourth-order valence-electron chi connectivity index (χ4n) is 1.82. The van der Waals surface area contributed by atoms with Gasteiger partial charge >= 0.3 is 0 Å². The molecule has 0 bridgehead atoms. The Labute approximate surface area is 110 Å². The summed E-state index contributed by atoms with van der Waals surface area (Å²) in [7, 11) is 5.36. The predicted octanol–water partition coefficient (Wildman–Crippen LogP) is 1.45. The van der Waals surface area contributed by atoms with Crippen molar-refractivity contribution in [3.63, 3.8) is 0 Å². The molecule has 1 aromatic rings. The molecule has 4 heteroatoms. The summed E-state index contributed by atoms with van der Waals surface area (Å²) in [5.74, 6) is 1.80. The topological polar surface area (TPSA) is 42.5 Å². The van der Waals surface area contributed by atoms with E-state index in [-0.39, 0.29) is 0 Å². The van der Waals surface area contributed by atoms with Crippen LogP contribution in [0.3, 0.4) is 0 Å². The number of ether oxygens (including phenoxy) is 2. The van der Waals surface area contributed by atoms with E-state index in [1.54, 1.807) is 14.2 Å². The van der Waals surface area contributed by atoms with Crippen LogP contribution in [0.4, 0.5) is 0 Å². The minimum atomic E-state index is 0.876. The van der Waals surface area contributed by atoms with Gasteiger partial charge in [-0.2, -0.15) is 0 Å². The molecule has 0 saturated carbocycles. The Balaban J connectivity index is 2.39. The third-order valence-corrected chi connectivity index (χ3v) is 2.84. The van der Waals surface area contributed by atoms with Gasteiger partial charge in [0.25, 0.3) is 0 Å². The molecule has 0 saturated heterocycles. The van der Waals surface area contributed by atoms with Crippen molar-refractivity contribution in [2.75, 3.05) is 40.9 Å². The maximum absolute atomic E-state index is 5.35. The predicted molar refractivity (Wildman–Crippen MR) is 74.7 cm³/mol. The monoisotopic (exact) mass is 252 g/mol. The van der Waals surface area contributed by atoms with Gasteiger partial charge in [0.15, 0.2) is 0 Å². The average Bonchev–Trinajstić information content (AvgIpc) is 2.42. The zero-order valence-electron chi connectivity index (χ0n) is 11.6. The van der Waals surface area contributed by atoms with Crippen molar-refractivity contribution in [3.8, 4) is 11.5 Å². The van der Waals surface area contributed by atoms with E-state index < -0.39 is 0 Å². The van der Waals surface area contributed by atoms with Crippen molar-refractivity contribution in [2.24, 2.45) is 0 Å². The van der Waals surface area contributed by atoms with Crippen LogP contribution in [0, 0.1) is 0 Å². The van der Waals surface area contributed by atoms with E-state index in [4.69, 9.17) is 9.47 Å². The minimum Gasteiger partial charge on any atom is -0.497 e. The lowest BCUT2D eigenvalue weighted by molar-refractivity contribution is 0.398. The lowest BCUT2D eigenvalue weighted by atomic mass is 10.1. The molecule has 18 heavy (non-hydrogen) atoms. The van der Waals surface area contributed by atoms with E-state index in [1.165, 1.54) is 5.56 Å². The molecule has 0 radical (unpaired) electrons. The first-order valence-corrected chi connectivity index (χ1v) is 6.38. The van der Waals surface area contributed by atoms with E-state index in [9.17, 15) is 0 Å². The Morgan fingerprint density at radius 3 is 2.56 bits per heavy atom. The van der Waals surface area contributed by atoms with Gasteiger partial charge in [-0.05, 0) is 63.3 Å². The first-order chi connectivity index (χ1) is 8.81. The maximum atomic E-state index is 5.35. The molecule has 0 aromatic heterocycles. The Morgan fingerprint density at radius 2 is 1.89 bits per heavy atom. The van der Waals surface area contributed by atoms with Gasteiger partial charge < -0.3 is 20.1 Å². The van der Waals surface area contributed by atoms with Gasteiger partial charge in [0.05, 0.1) is 14.2 Å². The summed E-state index contributed by atoms with van der Waals surface area (Å²) < 4.78 is 10.6. The highest BCUT2D eigenvalue weighted by Gasteiger charge is 2.04. The minimum absolute atomic E-state index is 0.876. The molecule has 2 N–H and O–H groups in total. The van der Waals surface area contributed by atoms with Gasteiger partial charge in [0, 0.05) is 0 Å². The van der Waals surface area contributed by atoms with Crippen LogP contribution in [0.25, 0.3) is 0 Å². The van der Waals surface area contributed by atoms with Crippen molar-refractivity contribution in [3.05, 3.63) is 23.8 Å². The van der Waals surface area contributed by atoms with E-state index >= 15 is 0 Å². The third-order valence-electron chi connectivity index (χ3n) is 2.84. The molecule has 1 aromatic carbocycles. The summed E-state index contributed by atoms with van der Waals surface area (Å²) >= 11 is 0. The highest BCUT2D eigenvalue weighted by molar-refractivity contribution is 5.40. The van der Waals surface area contributed by atoms with Gasteiger partial charge in [-0.1, -0.05) is 0 Å². The van der Waals surface area contributed by atoms with Crippen LogP contribution in [-0.4, -0.2) is 40.9 Å². The van der Waals surface area contributed by atoms with E-state index in [1.807, 2.05) is 25.2 Å². The largest absolute Gasteiger partial charge is 0.497 e. The van der Waals surface area contributed by atoms with Crippen molar-refractivity contribution < 1.29 is 9.47 Å². The Morgan fingerprint density at radius 1 is 1.06 bits per heavy atom. The van der Waals surface area contributed by atoms with Crippen LogP contribution in [0.1, 0.15) is 12.0 Å². The number of rotatable bonds is 9. The number of benzene rings is 1. The highest BCUT2D eigenvalue weighted by Crippen LogP contribution is 2.23. The smallest absolute Gasteiger partial charge is 0.122 e. The Kier molecular flexibility index (Phi) is 7.22. The zero-order valence-corrected chi connectivity index (χ0v) is 11.6. The molecule has 0 aliphatic rings. The maximum Gasteiger partial charge on any atom is 0.122 e. The number of methoxy groups -OCH3 is 2. The molecular weight excluding hydrogens is 228 g/mol. The molecule has 0 heterocycles. The first-order valence-electron chi connectivity index (χ1n) is 6.38. The molecule has 0 unspecified atom stereocenters. The van der Waals surface area contributed by atoms with E-state index in [2.05, 4.69) is 10.6 Å². The van der Waals surface area contributed by atoms with Gasteiger partial charge in [-0.25, -0.2) is 0 Å². The van der Waals surface area contributed by atoms with Crippen LogP contribution in [0.2, 0.25) is 0 Å². The van der Waals surface area contributed by atoms with Crippen molar-refractivity contribution >= 4 is 0 Å². The Hall–Kier alpha value is -1.26. The van der Waals surface area contributed by atoms with Crippen LogP contribution in [-0.2, 0) is 6.42 Å². The fraction of sp³-hybridized carbons (Fsp3) is 0.571. The van der Waals surface area contributed by atoms with Crippen LogP contribution < -0.4 is 20.1 Å². The molecule has 0 amide bonds. The van der Waals surface area contributed by atoms with Crippen molar-refractivity contribution in [1.82, 2.24) is 10.6 Å². The summed E-state index contributed by atoms with van der Waals surface area (Å²) in [5, 5.41) is 6.55. The molecule has 0 fully saturated rings. The van der Waals surface area contributed by atoms with Crippen LogP contribution >= 0.6 is 0 Å². The summed E-state index contributed by atoms with van der Waals surface area (Å²) in [4.78, 5) is 0. The lowest BCUT2D eigenvalue weighted by Gasteiger charge is -2.11. The Bertz CT molecular complexity index is 343. The second-order valence-corrected chi connectivity index (χ2v) is 4.13. The number of hydrogen-bond donors (Lipinski definition) is 2. The van der Waals surface area contributed by atoms with Gasteiger partial charge in [-0.15, -0.1) is 0 Å². The molecule has 0 aliphatic carbocycles. The standard InChI is InChI=1S/C14H24N2O2/c1-15-8-4-9-16-10-7-12-11-13(17-2)5-6-14(12)18-3/h5-6,11,15-16H,4,7-10H2,1-3H3. The second kappa shape index (κ2) is 8.78. The van der Waals surface area contributed by atoms with Gasteiger partial charge in [0.2, 0.25) is 0 Å². The molecular formula is C14H24N2O2. The number of hydrogen-bond acceptors (Lipinski definition) is 4. The fourth-order valence-corrected chi connectivity index (χ4v) is 1.82. The van der Waals surface area contributed by atoms with Crippen molar-refractivity contribution in [1.29, 1.82) is 0 Å². The van der Waals surface area contributed by atoms with E-state index in [0.29, 0.717) is 0 Å². The summed E-state index contributed by atoms with van der Waals surface area (Å²) in [6, 6.07) is 5.91. The third kappa shape index (κ3) is 4.94. The number of nitrogens with one attached hydrogen (secondary N) is 2. The quantitative estimate of drug-likeness (QED) is 0.653. The van der Waals surface area contributed by atoms with Crippen LogP contribution in [0.15, 0.2) is 18.2 Å². The molecule has 1 rings (SSSR count). The second-order valence-electron chi connectivity index (χ2n) is 4.13. The lowest BCUT2D eigenvalue weighted by Crippen LogP contribution is -2.22. The summed E-state index contributed by atoms with van der Waals surface area (Å²) in [5.41, 5.74) is 1.18. The average molecular weight is 252 g/mol. The highest BCUT2D eigenvalue weighted by atomic mass is 16.5. The van der Waals surface area contributed by atoms with Gasteiger partial charge in [0.1, 0.15) is 11.5 Å². The molecule has 102 valence electrons. The van der Waals surface area contributed by atoms with Crippen molar-refractivity contribution in [2.45, 2.75) is 12.8 Å². The molecule has 4 nitrogen and oxygen atoms in total. The van der Waals surface area contributed by atoms with Crippen LogP contribution in [0.5, 0.6) is 11.5 Å². The molecule has 0 aliphatic heterocycles.